The van der Waals surface area contributed by atoms with Crippen LogP contribution in [0.2, 0.25) is 0 Å². The fourth-order valence-electron chi connectivity index (χ4n) is 1.42. The second kappa shape index (κ2) is 7.37. The van der Waals surface area contributed by atoms with Gasteiger partial charge in [0.2, 0.25) is 0 Å². The molecule has 2 N–H and O–H groups in total. The van der Waals surface area contributed by atoms with E-state index in [1.54, 1.807) is 0 Å². The Hall–Kier alpha value is -1.97. The fraction of sp³-hybridized carbons (Fsp3) is 0.417. The van der Waals surface area contributed by atoms with E-state index in [4.69, 9.17) is 10.00 Å². The van der Waals surface area contributed by atoms with Crippen LogP contribution in [0.25, 0.3) is 0 Å². The Bertz CT molecular complexity index is 439. The van der Waals surface area contributed by atoms with Gasteiger partial charge in [-0.3, -0.25) is 0 Å². The summed E-state index contributed by atoms with van der Waals surface area (Å²) in [5, 5.41) is 21.1. The van der Waals surface area contributed by atoms with Gasteiger partial charge in [0.25, 0.3) is 0 Å². The molecule has 1 saturated heterocycles. The summed E-state index contributed by atoms with van der Waals surface area (Å²) in [6.45, 7) is 5.71. The number of nitrogens with two attached hydrogens (primary N) is 1. The second-order valence-electron chi connectivity index (χ2n) is 3.71. The summed E-state index contributed by atoms with van der Waals surface area (Å²) >= 11 is 0. The summed E-state index contributed by atoms with van der Waals surface area (Å²) in [7, 11) is 0. The van der Waals surface area contributed by atoms with Crippen LogP contribution in [-0.4, -0.2) is 37.3 Å². The van der Waals surface area contributed by atoms with Crippen LogP contribution in [0.1, 0.15) is 21.7 Å². The van der Waals surface area contributed by atoms with E-state index in [-0.39, 0.29) is 11.3 Å². The normalized spacial score (nSPS) is 14.0. The molecule has 0 bridgehead atoms. The minimum atomic E-state index is -1.27. The Labute approximate surface area is 105 Å². The molecule has 2 heterocycles. The molecule has 1 aromatic heterocycles. The largest absolute Gasteiger partial charge is 0.545 e. The summed E-state index contributed by atoms with van der Waals surface area (Å²) in [5.41, 5.74) is 0.528. The number of carboxylic acid groups (broad SMARTS) is 1. The van der Waals surface area contributed by atoms with Crippen molar-refractivity contribution in [1.82, 2.24) is 4.98 Å². The van der Waals surface area contributed by atoms with Crippen LogP contribution in [0, 0.1) is 18.3 Å². The third-order valence-electron chi connectivity index (χ3n) is 2.35. The maximum Gasteiger partial charge on any atom is 0.140 e. The zero-order chi connectivity index (χ0) is 13.4. The highest BCUT2D eigenvalue weighted by Crippen LogP contribution is 2.04. The lowest BCUT2D eigenvalue weighted by atomic mass is 10.2. The molecule has 0 spiro atoms. The molecule has 96 valence electrons. The highest BCUT2D eigenvalue weighted by Gasteiger charge is 2.01. The Morgan fingerprint density at radius 2 is 2.17 bits per heavy atom. The maximum atomic E-state index is 10.4. The standard InChI is InChI=1S/C8H6N2O2.C4H9NO/c1-5-7(8(11)12)3-2-6(4-9)10-5;1-3-6-4-2-5-1/h2-3H,1H3,(H,11,12);5H,1-4H2. The number of aryl methyl sites for hydroxylation is 1. The van der Waals surface area contributed by atoms with Crippen molar-refractivity contribution in [3.05, 3.63) is 29.1 Å². The first-order valence-electron chi connectivity index (χ1n) is 5.63. The van der Waals surface area contributed by atoms with Crippen molar-refractivity contribution in [2.24, 2.45) is 0 Å². The Kier molecular flexibility index (Phi) is 5.77. The van der Waals surface area contributed by atoms with E-state index in [0.29, 0.717) is 5.69 Å². The number of carbonyl (C=O) groups is 1. The minimum absolute atomic E-state index is 0.0222. The summed E-state index contributed by atoms with van der Waals surface area (Å²) in [6.07, 6.45) is 0. The number of rotatable bonds is 1. The second-order valence-corrected chi connectivity index (χ2v) is 3.71. The van der Waals surface area contributed by atoms with Gasteiger partial charge in [-0.15, -0.1) is 0 Å². The predicted octanol–water partition coefficient (Wildman–Crippen LogP) is -1.79. The first-order valence-corrected chi connectivity index (χ1v) is 5.63. The van der Waals surface area contributed by atoms with E-state index in [2.05, 4.69) is 10.3 Å². The number of carboxylic acids is 1. The molecule has 6 nitrogen and oxygen atoms in total. The zero-order valence-electron chi connectivity index (χ0n) is 10.2. The molecule has 1 aliphatic heterocycles. The molecule has 0 aromatic carbocycles. The van der Waals surface area contributed by atoms with Crippen molar-refractivity contribution in [2.75, 3.05) is 26.3 Å². The van der Waals surface area contributed by atoms with Crippen LogP contribution in [0.15, 0.2) is 12.1 Å². The molecule has 6 heteroatoms. The molecule has 0 radical (unpaired) electrons. The number of morpholine rings is 1. The highest BCUT2D eigenvalue weighted by atomic mass is 16.5. The van der Waals surface area contributed by atoms with Gasteiger partial charge in [-0.1, -0.05) is 0 Å². The van der Waals surface area contributed by atoms with E-state index in [9.17, 15) is 9.90 Å². The van der Waals surface area contributed by atoms with E-state index in [0.717, 1.165) is 26.3 Å². The van der Waals surface area contributed by atoms with Crippen LogP contribution < -0.4 is 10.4 Å². The van der Waals surface area contributed by atoms with Crippen molar-refractivity contribution >= 4 is 5.97 Å². The molecule has 0 amide bonds. The summed E-state index contributed by atoms with van der Waals surface area (Å²) in [6, 6.07) is 4.47. The van der Waals surface area contributed by atoms with Crippen LogP contribution in [0.3, 0.4) is 0 Å². The monoisotopic (exact) mass is 249 g/mol. The number of pyridine rings is 1. The van der Waals surface area contributed by atoms with Crippen LogP contribution in [-0.2, 0) is 4.74 Å². The summed E-state index contributed by atoms with van der Waals surface area (Å²) in [5.74, 6) is -1.27. The Morgan fingerprint density at radius 3 is 2.50 bits per heavy atom. The van der Waals surface area contributed by atoms with Crippen LogP contribution in [0.5, 0.6) is 0 Å². The molecule has 0 aliphatic carbocycles. The van der Waals surface area contributed by atoms with Gasteiger partial charge >= 0.3 is 0 Å². The highest BCUT2D eigenvalue weighted by molar-refractivity contribution is 5.86. The number of aromatic carboxylic acids is 1. The SMILES string of the molecule is C1COCC[NH2+]1.Cc1nc(C#N)ccc1C(=O)[O-]. The lowest BCUT2D eigenvalue weighted by Gasteiger charge is -2.07. The first kappa shape index (κ1) is 14.1. The van der Waals surface area contributed by atoms with E-state index in [1.165, 1.54) is 19.1 Å². The van der Waals surface area contributed by atoms with Crippen molar-refractivity contribution in [3.8, 4) is 6.07 Å². The molecular formula is C12H15N3O3. The van der Waals surface area contributed by atoms with Crippen molar-refractivity contribution < 1.29 is 20.0 Å². The van der Waals surface area contributed by atoms with E-state index in [1.807, 2.05) is 6.07 Å². The van der Waals surface area contributed by atoms with Gasteiger partial charge in [0.15, 0.2) is 0 Å². The van der Waals surface area contributed by atoms with Gasteiger partial charge in [0.05, 0.1) is 32.3 Å². The average molecular weight is 249 g/mol. The number of carbonyl (C=O) groups excluding carboxylic acids is 1. The Morgan fingerprint density at radius 1 is 1.50 bits per heavy atom. The molecule has 1 aromatic rings. The summed E-state index contributed by atoms with van der Waals surface area (Å²) in [4.78, 5) is 14.1. The van der Waals surface area contributed by atoms with Crippen molar-refractivity contribution in [2.45, 2.75) is 6.92 Å². The number of ether oxygens (including phenoxy) is 1. The van der Waals surface area contributed by atoms with Crippen molar-refractivity contribution in [1.29, 1.82) is 5.26 Å². The van der Waals surface area contributed by atoms with E-state index < -0.39 is 5.97 Å². The molecule has 0 atom stereocenters. The van der Waals surface area contributed by atoms with Gasteiger partial charge in [-0.2, -0.15) is 5.26 Å². The van der Waals surface area contributed by atoms with Crippen LogP contribution >= 0.6 is 0 Å². The zero-order valence-corrected chi connectivity index (χ0v) is 10.2. The third kappa shape index (κ3) is 4.49. The third-order valence-corrected chi connectivity index (χ3v) is 2.35. The van der Waals surface area contributed by atoms with Crippen LogP contribution in [0.4, 0.5) is 0 Å². The van der Waals surface area contributed by atoms with Gasteiger partial charge in [-0.25, -0.2) is 4.98 Å². The lowest BCUT2D eigenvalue weighted by molar-refractivity contribution is -0.670. The average Bonchev–Trinajstić information content (AvgIpc) is 2.41. The number of nitrogens with zero attached hydrogens (tertiary/aromatic N) is 2. The molecular weight excluding hydrogens is 234 g/mol. The van der Waals surface area contributed by atoms with Gasteiger partial charge in [-0.05, 0) is 19.1 Å². The van der Waals surface area contributed by atoms with E-state index >= 15 is 0 Å². The molecule has 0 unspecified atom stereocenters. The van der Waals surface area contributed by atoms with Gasteiger partial charge in [0, 0.05) is 11.3 Å². The minimum Gasteiger partial charge on any atom is -0.545 e. The van der Waals surface area contributed by atoms with Gasteiger partial charge < -0.3 is 20.0 Å². The van der Waals surface area contributed by atoms with Gasteiger partial charge in [0.1, 0.15) is 11.8 Å². The molecule has 1 aliphatic rings. The fourth-order valence-corrected chi connectivity index (χ4v) is 1.42. The smallest absolute Gasteiger partial charge is 0.140 e. The summed E-state index contributed by atoms with van der Waals surface area (Å²) < 4.78 is 5.04. The van der Waals surface area contributed by atoms with Crippen molar-refractivity contribution in [3.63, 3.8) is 0 Å². The quantitative estimate of drug-likeness (QED) is 0.633. The topological polar surface area (TPSA) is 103 Å². The number of hydrogen-bond acceptors (Lipinski definition) is 5. The molecule has 18 heavy (non-hydrogen) atoms. The molecule has 0 saturated carbocycles. The molecule has 2 rings (SSSR count). The molecule has 1 fully saturated rings. The number of nitriles is 1. The lowest BCUT2D eigenvalue weighted by Crippen LogP contribution is -2.87. The number of quaternary nitrogens is 1. The predicted molar refractivity (Wildman–Crippen MR) is 60.5 cm³/mol. The maximum absolute atomic E-state index is 10.4. The number of hydrogen-bond donors (Lipinski definition) is 1. The first-order chi connectivity index (χ1) is 8.65. The Balaban J connectivity index is 0.000000225. The number of aromatic nitrogens is 1.